The Hall–Kier alpha value is -0.919. The molecule has 0 aromatic heterocycles. The lowest BCUT2D eigenvalue weighted by molar-refractivity contribution is 0.0978. The molecule has 0 heterocycles. The van der Waals surface area contributed by atoms with Gasteiger partial charge in [-0.1, -0.05) is 77.8 Å². The van der Waals surface area contributed by atoms with Gasteiger partial charge in [-0.3, -0.25) is 4.79 Å². The molecular weight excluding hydrogens is 366 g/mol. The van der Waals surface area contributed by atoms with Gasteiger partial charge in [0.2, 0.25) is 5.91 Å². The number of carbonyl (C=O) groups is 1. The fraction of sp³-hybridized carbons (Fsp3) is 0.571. The number of hydrogen-bond donors (Lipinski definition) is 1. The van der Waals surface area contributed by atoms with E-state index in [1.807, 2.05) is 0 Å². The summed E-state index contributed by atoms with van der Waals surface area (Å²) in [5.74, 6) is 0.163. The van der Waals surface area contributed by atoms with E-state index in [0.717, 1.165) is 12.0 Å². The van der Waals surface area contributed by atoms with Gasteiger partial charge in [0.15, 0.2) is 0 Å². The van der Waals surface area contributed by atoms with Crippen LogP contribution in [0.4, 0.5) is 0 Å². The molecule has 0 aliphatic heterocycles. The van der Waals surface area contributed by atoms with E-state index >= 15 is 0 Å². The van der Waals surface area contributed by atoms with Crippen molar-refractivity contribution in [3.63, 3.8) is 0 Å². The summed E-state index contributed by atoms with van der Waals surface area (Å²) in [5.41, 5.74) is 6.01. The molecule has 0 saturated carbocycles. The van der Waals surface area contributed by atoms with Gasteiger partial charge in [-0.25, -0.2) is 0 Å². The smallest absolute Gasteiger partial charge is 0.243 e. The van der Waals surface area contributed by atoms with Crippen LogP contribution in [0.1, 0.15) is 54.7 Å². The Morgan fingerprint density at radius 2 is 1.69 bits per heavy atom. The normalized spacial score (nSPS) is 15.1. The third kappa shape index (κ3) is 3.99. The van der Waals surface area contributed by atoms with E-state index in [4.69, 9.17) is 0 Å². The maximum atomic E-state index is 13.4. The summed E-state index contributed by atoms with van der Waals surface area (Å²) in [5, 5.41) is 0. The SMILES string of the molecule is CC1=Cc2cc(C(C)(C)C)cc(C(=O)N[Si](C)(C)[Si](C)(C)[Si](C)C)c2C1. The first-order chi connectivity index (χ1) is 11.7. The molecule has 2 rings (SSSR count). The van der Waals surface area contributed by atoms with Crippen LogP contribution in [0.3, 0.4) is 0 Å². The van der Waals surface area contributed by atoms with Gasteiger partial charge >= 0.3 is 0 Å². The van der Waals surface area contributed by atoms with Crippen molar-refractivity contribution < 1.29 is 4.79 Å². The van der Waals surface area contributed by atoms with E-state index in [1.54, 1.807) is 0 Å². The molecule has 1 radical (unpaired) electrons. The minimum atomic E-state index is -1.79. The second-order valence-corrected chi connectivity index (χ2v) is 34.7. The quantitative estimate of drug-likeness (QED) is 0.662. The first-order valence-electron chi connectivity index (χ1n) is 9.64. The largest absolute Gasteiger partial charge is 0.381 e. The highest BCUT2D eigenvalue weighted by Gasteiger charge is 2.45. The zero-order chi connectivity index (χ0) is 20.1. The lowest BCUT2D eigenvalue weighted by atomic mass is 9.83. The van der Waals surface area contributed by atoms with Gasteiger partial charge in [0.05, 0.1) is 7.11 Å². The van der Waals surface area contributed by atoms with Crippen LogP contribution in [0.25, 0.3) is 6.08 Å². The maximum Gasteiger partial charge on any atom is 0.243 e. The van der Waals surface area contributed by atoms with Gasteiger partial charge in [-0.05, 0) is 41.5 Å². The summed E-state index contributed by atoms with van der Waals surface area (Å²) < 4.78 is 0. The number of amides is 1. The Bertz CT molecular complexity index is 755. The first-order valence-corrected chi connectivity index (χ1v) is 20.1. The maximum absolute atomic E-state index is 13.4. The lowest BCUT2D eigenvalue weighted by Gasteiger charge is -2.41. The third-order valence-electron chi connectivity index (χ3n) is 6.49. The molecule has 1 aromatic carbocycles. The van der Waals surface area contributed by atoms with E-state index < -0.39 is 14.9 Å². The average Bonchev–Trinajstić information content (AvgIpc) is 2.84. The molecule has 143 valence electrons. The number of rotatable bonds is 4. The molecule has 5 heteroatoms. The van der Waals surface area contributed by atoms with Gasteiger partial charge in [0, 0.05) is 13.9 Å². The highest BCUT2D eigenvalue weighted by Crippen LogP contribution is 2.34. The summed E-state index contributed by atoms with van der Waals surface area (Å²) in [4.78, 5) is 17.0. The fourth-order valence-corrected chi connectivity index (χ4v) is 22.5. The van der Waals surface area contributed by atoms with Crippen LogP contribution in [-0.2, 0) is 11.8 Å². The van der Waals surface area contributed by atoms with Crippen LogP contribution in [0.2, 0.25) is 39.3 Å². The minimum absolute atomic E-state index is 0.0400. The topological polar surface area (TPSA) is 29.1 Å². The van der Waals surface area contributed by atoms with E-state index in [0.29, 0.717) is 0 Å². The average molecular weight is 403 g/mol. The predicted molar refractivity (Wildman–Crippen MR) is 122 cm³/mol. The predicted octanol–water partition coefficient (Wildman–Crippen LogP) is 5.50. The van der Waals surface area contributed by atoms with Gasteiger partial charge in [-0.2, -0.15) is 0 Å². The molecule has 1 amide bonds. The molecule has 1 aliphatic rings. The number of hydrogen-bond acceptors (Lipinski definition) is 1. The van der Waals surface area contributed by atoms with Crippen LogP contribution < -0.4 is 4.98 Å². The second kappa shape index (κ2) is 6.91. The second-order valence-electron chi connectivity index (χ2n) is 10.2. The molecule has 1 aromatic rings. The molecule has 0 bridgehead atoms. The van der Waals surface area contributed by atoms with E-state index in [2.05, 4.69) is 90.2 Å². The molecule has 1 N–H and O–H groups in total. The molecule has 0 fully saturated rings. The van der Waals surface area contributed by atoms with Crippen molar-refractivity contribution in [1.29, 1.82) is 0 Å². The van der Waals surface area contributed by atoms with E-state index in [1.165, 1.54) is 22.3 Å². The van der Waals surface area contributed by atoms with Crippen molar-refractivity contribution in [2.45, 2.75) is 78.8 Å². The van der Waals surface area contributed by atoms with Crippen molar-refractivity contribution in [3.8, 4) is 0 Å². The zero-order valence-corrected chi connectivity index (χ0v) is 21.3. The third-order valence-corrected chi connectivity index (χ3v) is 40.3. The zero-order valence-electron chi connectivity index (χ0n) is 18.3. The summed E-state index contributed by atoms with van der Waals surface area (Å²) in [6, 6.07) is 4.44. The summed E-state index contributed by atoms with van der Waals surface area (Å²) in [6.07, 6.45) is 3.16. The van der Waals surface area contributed by atoms with Crippen LogP contribution in [0.15, 0.2) is 17.7 Å². The molecule has 26 heavy (non-hydrogen) atoms. The Balaban J connectivity index is 2.46. The highest BCUT2D eigenvalue weighted by atomic mass is 29.6. The van der Waals surface area contributed by atoms with Crippen LogP contribution in [-0.4, -0.2) is 29.1 Å². The Labute approximate surface area is 163 Å². The molecule has 0 atom stereocenters. The molecular formula is C21H36NOSi3. The Morgan fingerprint density at radius 1 is 1.12 bits per heavy atom. The number of allylic oxidation sites excluding steroid dienone is 1. The molecule has 0 spiro atoms. The van der Waals surface area contributed by atoms with Crippen molar-refractivity contribution in [2.75, 3.05) is 0 Å². The first kappa shape index (κ1) is 21.4. The highest BCUT2D eigenvalue weighted by molar-refractivity contribution is 7.63. The van der Waals surface area contributed by atoms with Crippen molar-refractivity contribution in [2.24, 2.45) is 0 Å². The van der Waals surface area contributed by atoms with Crippen LogP contribution in [0, 0.1) is 0 Å². The van der Waals surface area contributed by atoms with Crippen molar-refractivity contribution >= 4 is 35.2 Å². The Morgan fingerprint density at radius 3 is 2.19 bits per heavy atom. The number of fused-ring (bicyclic) bond motifs is 1. The van der Waals surface area contributed by atoms with Crippen molar-refractivity contribution in [3.05, 3.63) is 40.0 Å². The van der Waals surface area contributed by atoms with Gasteiger partial charge in [0.25, 0.3) is 0 Å². The Kier molecular flexibility index (Phi) is 5.68. The summed E-state index contributed by atoms with van der Waals surface area (Å²) in [6.45, 7) is 23.4. The molecule has 0 saturated heterocycles. The standard InChI is InChI=1S/C21H36NOSi3/c1-15-11-16-13-17(21(2,3)4)14-19(18(16)12-15)20(23)22-25(7,8)26(9,10)24(5)6/h11,13-14H,12H2,1-10H3,(H,22,23). The summed E-state index contributed by atoms with van der Waals surface area (Å²) in [7, 11) is -3.55. The number of carbonyl (C=O) groups excluding carboxylic acids is 1. The van der Waals surface area contributed by atoms with E-state index in [-0.39, 0.29) is 19.6 Å². The molecule has 0 unspecified atom stereocenters. The minimum Gasteiger partial charge on any atom is -0.381 e. The molecule has 1 aliphatic carbocycles. The monoisotopic (exact) mass is 402 g/mol. The van der Waals surface area contributed by atoms with Gasteiger partial charge in [0.1, 0.15) is 7.75 Å². The summed E-state index contributed by atoms with van der Waals surface area (Å²) >= 11 is 0. The van der Waals surface area contributed by atoms with Gasteiger partial charge < -0.3 is 4.98 Å². The van der Waals surface area contributed by atoms with E-state index in [9.17, 15) is 4.79 Å². The van der Waals surface area contributed by atoms with Gasteiger partial charge in [-0.15, -0.1) is 0 Å². The lowest BCUT2D eigenvalue weighted by Crippen LogP contribution is -2.71. The van der Waals surface area contributed by atoms with Crippen LogP contribution >= 0.6 is 0 Å². The van der Waals surface area contributed by atoms with Crippen LogP contribution in [0.5, 0.6) is 0 Å². The number of benzene rings is 1. The molecule has 2 nitrogen and oxygen atoms in total. The number of nitrogens with one attached hydrogen (secondary N) is 1. The van der Waals surface area contributed by atoms with Crippen molar-refractivity contribution in [1.82, 2.24) is 4.98 Å². The fourth-order valence-electron chi connectivity index (χ4n) is 3.38.